The number of benzene rings is 12. The molecule has 0 atom stereocenters. The minimum Gasteiger partial charge on any atom is -0.512 e. The summed E-state index contributed by atoms with van der Waals surface area (Å²) in [6.07, 6.45) is 14.8. The number of nitrogens with zero attached hydrogens (tertiary/aromatic N) is 7. The van der Waals surface area contributed by atoms with Gasteiger partial charge in [0.05, 0.1) is 11.1 Å². The van der Waals surface area contributed by atoms with Gasteiger partial charge in [0.2, 0.25) is 0 Å². The number of ketones is 1. The molecular formula is C133H128Ir4N7O2-7. The Morgan fingerprint density at radius 2 is 0.658 bits per heavy atom. The second-order valence-corrected chi connectivity index (χ2v) is 38.9. The first-order valence-corrected chi connectivity index (χ1v) is 48.6. The van der Waals surface area contributed by atoms with Crippen LogP contribution in [0.15, 0.2) is 413 Å². The van der Waals surface area contributed by atoms with Crippen LogP contribution in [0, 0.1) is 56.3 Å². The SMILES string of the molecule is CC(=O)C(=C(C)O)c1ccccc1.CC(C)(C)c1ccc(-c2[c-]cccc2)nc1.CC(C)(C)c1ccnc(-c2[c-]ccc(-c3ccccc3)c2)c1.CC(C)(C)c1ccnc(-c2[c-]ccc(-c3ccccc3)c2)c1.CC(C)(C)c1ccnc(-c2[c-]ccc(-c3ccccc3)c2)c1.CCCc1ccc(-c2[c-]cccc2)nc1.CCc1ccc(-c2[c-]cccc2)nc1.Cc1[c-]c(-c2ccc3ccccc3n2)cc(C)c1.[Ir].[Ir].[Ir].[Ir]. The van der Waals surface area contributed by atoms with Gasteiger partial charge in [0.15, 0.2) is 5.78 Å². The molecule has 0 aliphatic carbocycles. The first-order valence-electron chi connectivity index (χ1n) is 48.6. The number of Topliss-reactive ketones (excluding diaryl/α,β-unsaturated/α-hetero) is 1. The molecule has 4 radical (unpaired) electrons. The zero-order valence-corrected chi connectivity index (χ0v) is 96.2. The summed E-state index contributed by atoms with van der Waals surface area (Å²) in [5, 5.41) is 10.5. The third kappa shape index (κ3) is 36.5. The van der Waals surface area contributed by atoms with E-state index in [1.807, 2.05) is 189 Å². The van der Waals surface area contributed by atoms with Crippen LogP contribution in [0.4, 0.5) is 0 Å². The Morgan fingerprint density at radius 1 is 0.301 bits per heavy atom. The molecule has 0 aliphatic heterocycles. The van der Waals surface area contributed by atoms with Crippen LogP contribution >= 0.6 is 0 Å². The number of aromatic nitrogens is 7. The summed E-state index contributed by atoms with van der Waals surface area (Å²) < 4.78 is 0. The molecule has 0 saturated heterocycles. The Labute approximate surface area is 922 Å². The molecule has 750 valence electrons. The number of aryl methyl sites for hydroxylation is 4. The molecule has 7 heterocycles. The summed E-state index contributed by atoms with van der Waals surface area (Å²) in [4.78, 5) is 42.8. The average Bonchev–Trinajstić information content (AvgIpc) is 0.813. The quantitative estimate of drug-likeness (QED) is 0.0606. The van der Waals surface area contributed by atoms with Crippen molar-refractivity contribution in [2.75, 3.05) is 0 Å². The summed E-state index contributed by atoms with van der Waals surface area (Å²) in [7, 11) is 0. The summed E-state index contributed by atoms with van der Waals surface area (Å²) >= 11 is 0. The van der Waals surface area contributed by atoms with Crippen LogP contribution in [0.1, 0.15) is 167 Å². The standard InChI is InChI=1S/3C21H20N.C17H14N.C15H16N.C14H14N.C13H12N.C11H12O2.4Ir/c3*1-21(2,3)19-12-13-22-20(15-19)18-11-7-10-17(14-18)16-8-5-4-6-9-16;1-12-9-13(2)11-15(10-12)17-8-7-14-5-3-4-6-16(14)18-17;1-15(2,3)13-9-10-14(16-11-13)12-7-5-4-6-8-12;1-2-6-12-9-10-14(15-11-12)13-7-4-3-5-8-13;1-2-11-8-9-13(14-10-11)12-6-4-3-5-7-12;1-8(12)11(9(2)13)10-6-4-3-5-7-10;;;;/h3*4-10,12-15H,1-3H3;3-10H,1-2H3;4-7,9-11H,1-3H3;3-5,7,9-11H,2,6H2,1H3;3-6,8-10H,2H2,1H3;3-7,12H,1-2H3;;;;/q7*-1;;;;;. The predicted octanol–water partition coefficient (Wildman–Crippen LogP) is 33.9. The van der Waals surface area contributed by atoms with Gasteiger partial charge in [0.25, 0.3) is 0 Å². The molecule has 19 rings (SSSR count). The van der Waals surface area contributed by atoms with Crippen molar-refractivity contribution >= 4 is 22.3 Å². The van der Waals surface area contributed by atoms with Gasteiger partial charge in [-0.3, -0.25) is 9.78 Å². The second kappa shape index (κ2) is 58.2. The average molecular weight is 2630 g/mol. The van der Waals surface area contributed by atoms with Crippen LogP contribution in [0.25, 0.3) is 129 Å². The Kier molecular flexibility index (Phi) is 47.0. The summed E-state index contributed by atoms with van der Waals surface area (Å²) in [6, 6.07) is 147. The summed E-state index contributed by atoms with van der Waals surface area (Å²) in [6.45, 7) is 38.0. The van der Waals surface area contributed by atoms with Crippen LogP contribution in [0.3, 0.4) is 0 Å². The van der Waals surface area contributed by atoms with Gasteiger partial charge in [-0.1, -0.05) is 323 Å². The van der Waals surface area contributed by atoms with E-state index >= 15 is 0 Å². The third-order valence-electron chi connectivity index (χ3n) is 23.4. The number of allylic oxidation sites excluding steroid dienone is 2. The molecule has 0 saturated carbocycles. The van der Waals surface area contributed by atoms with Gasteiger partial charge in [0.1, 0.15) is 5.76 Å². The third-order valence-corrected chi connectivity index (χ3v) is 23.4. The molecule has 0 spiro atoms. The van der Waals surface area contributed by atoms with E-state index in [1.165, 1.54) is 98.0 Å². The normalized spacial score (nSPS) is 10.8. The maximum Gasteiger partial charge on any atom is 0.163 e. The van der Waals surface area contributed by atoms with Crippen molar-refractivity contribution in [3.05, 3.63) is 506 Å². The van der Waals surface area contributed by atoms with Gasteiger partial charge in [-0.25, -0.2) is 0 Å². The fourth-order valence-electron chi connectivity index (χ4n) is 15.4. The molecule has 12 aromatic carbocycles. The van der Waals surface area contributed by atoms with E-state index in [4.69, 9.17) is 4.98 Å². The van der Waals surface area contributed by atoms with Crippen molar-refractivity contribution in [2.24, 2.45) is 0 Å². The van der Waals surface area contributed by atoms with Crippen molar-refractivity contribution in [3.63, 3.8) is 0 Å². The topological polar surface area (TPSA) is 128 Å². The minimum atomic E-state index is -0.119. The van der Waals surface area contributed by atoms with Crippen LogP contribution in [-0.4, -0.2) is 45.8 Å². The van der Waals surface area contributed by atoms with Crippen molar-refractivity contribution in [1.82, 2.24) is 34.9 Å². The Bertz CT molecular complexity index is 6850. The second-order valence-electron chi connectivity index (χ2n) is 38.9. The van der Waals surface area contributed by atoms with E-state index in [-0.39, 0.29) is 114 Å². The van der Waals surface area contributed by atoms with Gasteiger partial charge < -0.3 is 35.0 Å². The fourth-order valence-corrected chi connectivity index (χ4v) is 15.4. The molecular weight excluding hydrogens is 2500 g/mol. The van der Waals surface area contributed by atoms with Crippen LogP contribution in [0.2, 0.25) is 0 Å². The van der Waals surface area contributed by atoms with Gasteiger partial charge in [-0.05, 0) is 173 Å². The number of rotatable bonds is 15. The Balaban J connectivity index is 0.000000204. The van der Waals surface area contributed by atoms with Crippen LogP contribution < -0.4 is 0 Å². The molecule has 146 heavy (non-hydrogen) atoms. The van der Waals surface area contributed by atoms with Crippen molar-refractivity contribution in [1.29, 1.82) is 0 Å². The summed E-state index contributed by atoms with van der Waals surface area (Å²) in [5.41, 5.74) is 34.2. The molecule has 1 N–H and O–H groups in total. The van der Waals surface area contributed by atoms with Gasteiger partial charge in [-0.15, -0.1) is 249 Å². The number of carbonyl (C=O) groups excluding carboxylic acids is 1. The number of fused-ring (bicyclic) bond motifs is 1. The molecule has 0 fully saturated rings. The maximum atomic E-state index is 11.2. The molecule has 9 nitrogen and oxygen atoms in total. The van der Waals surface area contributed by atoms with E-state index in [2.05, 4.69) is 389 Å². The van der Waals surface area contributed by atoms with E-state index in [1.54, 1.807) is 12.1 Å². The van der Waals surface area contributed by atoms with E-state index in [9.17, 15) is 9.90 Å². The minimum absolute atomic E-state index is 0. The first kappa shape index (κ1) is 118. The van der Waals surface area contributed by atoms with Crippen molar-refractivity contribution < 1.29 is 90.3 Å². The molecule has 7 aromatic heterocycles. The maximum absolute atomic E-state index is 11.2. The van der Waals surface area contributed by atoms with E-state index < -0.39 is 0 Å². The van der Waals surface area contributed by atoms with Crippen molar-refractivity contribution in [3.8, 4) is 112 Å². The monoisotopic (exact) mass is 2630 g/mol. The van der Waals surface area contributed by atoms with Gasteiger partial charge in [-0.2, -0.15) is 0 Å². The van der Waals surface area contributed by atoms with E-state index in [0.29, 0.717) is 5.57 Å². The van der Waals surface area contributed by atoms with Gasteiger partial charge >= 0.3 is 0 Å². The first-order chi connectivity index (χ1) is 68.3. The van der Waals surface area contributed by atoms with Gasteiger partial charge in [0, 0.05) is 118 Å². The Morgan fingerprint density at radius 3 is 0.993 bits per heavy atom. The molecule has 0 bridgehead atoms. The van der Waals surface area contributed by atoms with Crippen molar-refractivity contribution in [2.45, 2.75) is 166 Å². The van der Waals surface area contributed by atoms with E-state index in [0.717, 1.165) is 108 Å². The number of pyridine rings is 7. The Hall–Kier alpha value is -13.2. The van der Waals surface area contributed by atoms with Crippen LogP contribution in [0.5, 0.6) is 0 Å². The molecule has 0 unspecified atom stereocenters. The zero-order chi connectivity index (χ0) is 101. The molecule has 19 aromatic rings. The zero-order valence-electron chi connectivity index (χ0n) is 86.6. The largest absolute Gasteiger partial charge is 0.512 e. The molecule has 13 heteroatoms. The summed E-state index contributed by atoms with van der Waals surface area (Å²) in [5.74, 6) is -0.0510. The molecule has 0 amide bonds. The number of aliphatic hydroxyl groups excluding tert-OH is 1. The number of hydrogen-bond donors (Lipinski definition) is 1. The predicted molar refractivity (Wildman–Crippen MR) is 593 cm³/mol. The fraction of sp³-hybridized carbons (Fsp3) is 0.188. The number of para-hydroxylation sites is 1. The number of carbonyl (C=O) groups is 1. The molecule has 0 aliphatic rings. The number of hydrogen-bond acceptors (Lipinski definition) is 9. The number of aliphatic hydroxyl groups is 1. The van der Waals surface area contributed by atoms with Crippen LogP contribution in [-0.2, 0) is 120 Å². The smallest absolute Gasteiger partial charge is 0.163 e.